The third-order valence-electron chi connectivity index (χ3n) is 9.03. The number of aromatic nitrogens is 3. The zero-order valence-corrected chi connectivity index (χ0v) is 28.1. The fraction of sp³-hybridized carbons (Fsp3) is 0.677. The van der Waals surface area contributed by atoms with Gasteiger partial charge in [-0.25, -0.2) is 14.1 Å². The molecule has 2 aliphatic rings. The topological polar surface area (TPSA) is 119 Å². The normalized spacial score (nSPS) is 24.1. The van der Waals surface area contributed by atoms with Gasteiger partial charge in [0, 0.05) is 50.9 Å². The molecule has 4 rings (SSSR count). The van der Waals surface area contributed by atoms with Crippen LogP contribution in [0.15, 0.2) is 18.3 Å². The van der Waals surface area contributed by atoms with Crippen LogP contribution in [0.4, 0.5) is 17.6 Å². The second-order valence-corrected chi connectivity index (χ2v) is 19.2. The Morgan fingerprint density at radius 1 is 1.17 bits per heavy atom. The third kappa shape index (κ3) is 8.45. The van der Waals surface area contributed by atoms with E-state index < -0.39 is 50.5 Å². The number of nitrogens with one attached hydrogen (secondary N) is 1. The summed E-state index contributed by atoms with van der Waals surface area (Å²) in [6, 6.07) is 3.16. The zero-order valence-electron chi connectivity index (χ0n) is 27.1. The van der Waals surface area contributed by atoms with E-state index in [1.54, 1.807) is 4.90 Å². The molecule has 2 atom stereocenters. The van der Waals surface area contributed by atoms with Crippen LogP contribution in [-0.4, -0.2) is 88.8 Å². The van der Waals surface area contributed by atoms with E-state index in [1.807, 2.05) is 6.92 Å². The summed E-state index contributed by atoms with van der Waals surface area (Å²) >= 11 is 0. The first-order valence-electron chi connectivity index (χ1n) is 15.8. The number of rotatable bonds is 11. The number of halogens is 4. The highest BCUT2D eigenvalue weighted by Crippen LogP contribution is 2.41. The van der Waals surface area contributed by atoms with Gasteiger partial charge in [0.05, 0.1) is 19.0 Å². The molecule has 46 heavy (non-hydrogen) atoms. The summed E-state index contributed by atoms with van der Waals surface area (Å²) in [4.78, 5) is 32.6. The molecule has 3 heterocycles. The summed E-state index contributed by atoms with van der Waals surface area (Å²) in [6.07, 6.45) is -3.17. The fourth-order valence-corrected chi connectivity index (χ4v) is 6.78. The average molecular weight is 672 g/mol. The maximum Gasteiger partial charge on any atom is 0.417 e. The number of hydrogen-bond acceptors (Lipinski definition) is 7. The average Bonchev–Trinajstić information content (AvgIpc) is 3.43. The number of carbonyl (C=O) groups is 2. The molecule has 2 aromatic heterocycles. The second kappa shape index (κ2) is 14.4. The molecule has 0 bridgehead atoms. The number of piperidine rings is 1. The van der Waals surface area contributed by atoms with Crippen molar-refractivity contribution in [1.82, 2.24) is 25.0 Å². The van der Waals surface area contributed by atoms with Gasteiger partial charge >= 0.3 is 6.18 Å². The standard InChI is InChI=1S/C31H45F4N5O5Si/c1-6-22-15-20(28(41)37-21-7-10-30(43,11-8-21)31(33,34)35)9-12-39(22)29(42)25-17-26(23-16-27(44-2)36-18-24(23)32)40(38-25)19-45-13-14-46(3,4)5/h16-18,20-22,43H,6-15,19H2,1-5H3,(H,37,41)/t20?,21-,22?,30-. The van der Waals surface area contributed by atoms with E-state index in [2.05, 4.69) is 35.0 Å². The Kier molecular flexibility index (Phi) is 11.2. The van der Waals surface area contributed by atoms with Gasteiger partial charge in [0.2, 0.25) is 11.8 Å². The molecule has 256 valence electrons. The van der Waals surface area contributed by atoms with Crippen LogP contribution in [0, 0.1) is 11.7 Å². The number of nitrogens with zero attached hydrogens (tertiary/aromatic N) is 4. The van der Waals surface area contributed by atoms with Gasteiger partial charge in [-0.15, -0.1) is 0 Å². The van der Waals surface area contributed by atoms with Crippen molar-refractivity contribution in [2.75, 3.05) is 20.3 Å². The van der Waals surface area contributed by atoms with Crippen LogP contribution in [0.3, 0.4) is 0 Å². The number of carbonyl (C=O) groups excluding carboxylic acids is 2. The van der Waals surface area contributed by atoms with E-state index in [4.69, 9.17) is 9.47 Å². The number of aliphatic hydroxyl groups is 1. The molecule has 2 fully saturated rings. The molecule has 0 radical (unpaired) electrons. The van der Waals surface area contributed by atoms with Gasteiger partial charge in [0.1, 0.15) is 6.73 Å². The lowest BCUT2D eigenvalue weighted by Gasteiger charge is -2.40. The van der Waals surface area contributed by atoms with Crippen LogP contribution in [-0.2, 0) is 16.3 Å². The van der Waals surface area contributed by atoms with Crippen LogP contribution >= 0.6 is 0 Å². The molecular formula is C31H45F4N5O5Si. The maximum absolute atomic E-state index is 15.0. The van der Waals surface area contributed by atoms with Gasteiger partial charge in [-0.3, -0.25) is 9.59 Å². The number of ether oxygens (including phenoxy) is 2. The summed E-state index contributed by atoms with van der Waals surface area (Å²) in [5, 5.41) is 17.3. The molecule has 2 amide bonds. The molecule has 2 unspecified atom stereocenters. The highest BCUT2D eigenvalue weighted by Gasteiger charge is 2.54. The van der Waals surface area contributed by atoms with Gasteiger partial charge in [0.15, 0.2) is 17.1 Å². The van der Waals surface area contributed by atoms with Gasteiger partial charge in [0.25, 0.3) is 5.91 Å². The van der Waals surface area contributed by atoms with Crippen molar-refractivity contribution in [3.05, 3.63) is 29.8 Å². The molecule has 1 aliphatic carbocycles. The minimum Gasteiger partial charge on any atom is -0.481 e. The van der Waals surface area contributed by atoms with Crippen LogP contribution in [0.2, 0.25) is 25.7 Å². The quantitative estimate of drug-likeness (QED) is 0.187. The number of methoxy groups -OCH3 is 1. The van der Waals surface area contributed by atoms with Crippen LogP contribution in [0.25, 0.3) is 11.3 Å². The summed E-state index contributed by atoms with van der Waals surface area (Å²) < 4.78 is 67.0. The van der Waals surface area contributed by atoms with Crippen molar-refractivity contribution in [2.45, 2.75) is 108 Å². The monoisotopic (exact) mass is 671 g/mol. The van der Waals surface area contributed by atoms with Crippen LogP contribution in [0.5, 0.6) is 5.88 Å². The number of alkyl halides is 3. The molecule has 15 heteroatoms. The Hall–Kier alpha value is -3.04. The zero-order chi connectivity index (χ0) is 33.9. The maximum atomic E-state index is 15.0. The van der Waals surface area contributed by atoms with E-state index in [1.165, 1.54) is 23.9 Å². The molecule has 10 nitrogen and oxygen atoms in total. The number of hydrogen-bond donors (Lipinski definition) is 2. The van der Waals surface area contributed by atoms with Crippen molar-refractivity contribution in [2.24, 2.45) is 5.92 Å². The van der Waals surface area contributed by atoms with Crippen molar-refractivity contribution < 1.29 is 41.7 Å². The predicted molar refractivity (Wildman–Crippen MR) is 165 cm³/mol. The van der Waals surface area contributed by atoms with Gasteiger partial charge in [-0.1, -0.05) is 26.6 Å². The van der Waals surface area contributed by atoms with Gasteiger partial charge < -0.3 is 24.8 Å². The molecule has 0 spiro atoms. The number of pyridine rings is 1. The lowest BCUT2D eigenvalue weighted by atomic mass is 9.81. The van der Waals surface area contributed by atoms with E-state index >= 15 is 0 Å². The van der Waals surface area contributed by atoms with E-state index in [9.17, 15) is 32.3 Å². The highest BCUT2D eigenvalue weighted by atomic mass is 28.3. The van der Waals surface area contributed by atoms with Crippen molar-refractivity contribution >= 4 is 19.9 Å². The second-order valence-electron chi connectivity index (χ2n) is 13.6. The van der Waals surface area contributed by atoms with Crippen LogP contribution in [0.1, 0.15) is 62.4 Å². The minimum absolute atomic E-state index is 0.0121. The lowest BCUT2D eigenvalue weighted by Crippen LogP contribution is -2.53. The predicted octanol–water partition coefficient (Wildman–Crippen LogP) is 5.39. The van der Waals surface area contributed by atoms with Crippen molar-refractivity contribution in [3.8, 4) is 17.1 Å². The van der Waals surface area contributed by atoms with E-state index in [0.717, 1.165) is 12.2 Å². The third-order valence-corrected chi connectivity index (χ3v) is 10.7. The molecule has 1 saturated carbocycles. The molecule has 2 N–H and O–H groups in total. The van der Waals surface area contributed by atoms with Gasteiger partial charge in [-0.05, 0) is 57.1 Å². The first-order valence-corrected chi connectivity index (χ1v) is 19.5. The van der Waals surface area contributed by atoms with Gasteiger partial charge in [-0.2, -0.15) is 18.3 Å². The highest BCUT2D eigenvalue weighted by molar-refractivity contribution is 6.76. The van der Waals surface area contributed by atoms with Crippen LogP contribution < -0.4 is 10.1 Å². The van der Waals surface area contributed by atoms with E-state index in [-0.39, 0.29) is 61.1 Å². The summed E-state index contributed by atoms with van der Waals surface area (Å²) in [7, 11) is 0.0630. The minimum atomic E-state index is -4.70. The summed E-state index contributed by atoms with van der Waals surface area (Å²) in [6.45, 7) is 9.40. The Morgan fingerprint density at radius 2 is 1.87 bits per heavy atom. The Bertz CT molecular complexity index is 1370. The Morgan fingerprint density at radius 3 is 2.48 bits per heavy atom. The largest absolute Gasteiger partial charge is 0.481 e. The number of likely N-dealkylation sites (tertiary alicyclic amines) is 1. The molecule has 1 saturated heterocycles. The SMILES string of the molecule is CCC1CC(C(=O)N[C@H]2CC[C@@](O)(C(F)(F)F)CC2)CCN1C(=O)c1cc(-c2cc(OC)ncc2F)n(COCC[Si](C)(C)C)n1. The Labute approximate surface area is 267 Å². The van der Waals surface area contributed by atoms with E-state index in [0.29, 0.717) is 31.6 Å². The summed E-state index contributed by atoms with van der Waals surface area (Å²) in [5.74, 6) is -1.43. The fourth-order valence-electron chi connectivity index (χ4n) is 6.03. The van der Waals surface area contributed by atoms with Crippen molar-refractivity contribution in [3.63, 3.8) is 0 Å². The lowest BCUT2D eigenvalue weighted by molar-refractivity contribution is -0.270. The Balaban J connectivity index is 1.46. The molecular weight excluding hydrogens is 626 g/mol. The number of amides is 2. The first-order chi connectivity index (χ1) is 21.5. The first kappa shape index (κ1) is 35.8. The molecule has 1 aliphatic heterocycles. The van der Waals surface area contributed by atoms with Crippen molar-refractivity contribution in [1.29, 1.82) is 0 Å². The smallest absolute Gasteiger partial charge is 0.417 e. The summed E-state index contributed by atoms with van der Waals surface area (Å²) in [5.41, 5.74) is -2.11. The molecule has 2 aromatic rings. The molecule has 0 aromatic carbocycles.